The van der Waals surface area contributed by atoms with E-state index in [1.165, 1.54) is 11.9 Å². The molecule has 100 valence electrons. The summed E-state index contributed by atoms with van der Waals surface area (Å²) in [5, 5.41) is 6.33. The van der Waals surface area contributed by atoms with Crippen molar-refractivity contribution in [2.75, 3.05) is 24.8 Å². The normalized spacial score (nSPS) is 11.7. The van der Waals surface area contributed by atoms with Crippen molar-refractivity contribution in [2.45, 2.75) is 13.0 Å². The predicted molar refractivity (Wildman–Crippen MR) is 76.6 cm³/mol. The van der Waals surface area contributed by atoms with E-state index in [-0.39, 0.29) is 6.04 Å². The van der Waals surface area contributed by atoms with Gasteiger partial charge < -0.3 is 15.4 Å². The van der Waals surface area contributed by atoms with Crippen LogP contribution in [0.2, 0.25) is 0 Å². The van der Waals surface area contributed by atoms with E-state index in [0.717, 1.165) is 17.4 Å². The van der Waals surface area contributed by atoms with E-state index < -0.39 is 0 Å². The maximum absolute atomic E-state index is 5.15. The fourth-order valence-corrected chi connectivity index (χ4v) is 1.77. The van der Waals surface area contributed by atoms with E-state index in [2.05, 4.69) is 27.5 Å². The molecule has 19 heavy (non-hydrogen) atoms. The molecule has 0 radical (unpaired) electrons. The Morgan fingerprint density at radius 3 is 2.42 bits per heavy atom. The molecule has 0 fully saturated rings. The molecule has 1 atom stereocenters. The van der Waals surface area contributed by atoms with Crippen molar-refractivity contribution in [3.8, 4) is 5.75 Å². The zero-order valence-electron chi connectivity index (χ0n) is 11.3. The number of nitrogens with one attached hydrogen (secondary N) is 2. The van der Waals surface area contributed by atoms with Crippen LogP contribution in [0, 0.1) is 0 Å². The van der Waals surface area contributed by atoms with Gasteiger partial charge in [-0.3, -0.25) is 0 Å². The van der Waals surface area contributed by atoms with Gasteiger partial charge in [0.25, 0.3) is 0 Å². The second-order valence-corrected chi connectivity index (χ2v) is 4.18. The Morgan fingerprint density at radius 2 is 1.79 bits per heavy atom. The Hall–Kier alpha value is -2.30. The van der Waals surface area contributed by atoms with E-state index >= 15 is 0 Å². The van der Waals surface area contributed by atoms with Gasteiger partial charge in [0.1, 0.15) is 23.7 Å². The minimum absolute atomic E-state index is 0.158. The van der Waals surface area contributed by atoms with Crippen molar-refractivity contribution in [1.82, 2.24) is 9.97 Å². The Labute approximate surface area is 113 Å². The van der Waals surface area contributed by atoms with Gasteiger partial charge in [-0.05, 0) is 24.6 Å². The highest BCUT2D eigenvalue weighted by Gasteiger charge is 2.06. The van der Waals surface area contributed by atoms with Crippen LogP contribution < -0.4 is 15.4 Å². The van der Waals surface area contributed by atoms with Gasteiger partial charge >= 0.3 is 0 Å². The van der Waals surface area contributed by atoms with Crippen molar-refractivity contribution in [1.29, 1.82) is 0 Å². The number of nitrogens with zero attached hydrogens (tertiary/aromatic N) is 2. The molecule has 0 saturated heterocycles. The van der Waals surface area contributed by atoms with Crippen molar-refractivity contribution in [2.24, 2.45) is 0 Å². The molecule has 0 saturated carbocycles. The fraction of sp³-hybridized carbons (Fsp3) is 0.286. The van der Waals surface area contributed by atoms with Gasteiger partial charge in [0.2, 0.25) is 0 Å². The molecule has 0 spiro atoms. The molecule has 2 aromatic rings. The second kappa shape index (κ2) is 6.04. The molecule has 5 nitrogen and oxygen atoms in total. The van der Waals surface area contributed by atoms with Crippen LogP contribution in [-0.2, 0) is 0 Å². The molecular weight excluding hydrogens is 240 g/mol. The minimum atomic E-state index is 0.158. The highest BCUT2D eigenvalue weighted by atomic mass is 16.5. The lowest BCUT2D eigenvalue weighted by Gasteiger charge is -2.15. The van der Waals surface area contributed by atoms with Crippen LogP contribution in [0.15, 0.2) is 36.7 Å². The van der Waals surface area contributed by atoms with Crippen molar-refractivity contribution < 1.29 is 4.74 Å². The molecule has 0 amide bonds. The fourth-order valence-electron chi connectivity index (χ4n) is 1.77. The van der Waals surface area contributed by atoms with Crippen molar-refractivity contribution in [3.05, 3.63) is 42.2 Å². The molecule has 0 aliphatic carbocycles. The average Bonchev–Trinajstić information content (AvgIpc) is 2.47. The average molecular weight is 258 g/mol. The molecule has 1 unspecified atom stereocenters. The van der Waals surface area contributed by atoms with E-state index in [1.54, 1.807) is 7.11 Å². The summed E-state index contributed by atoms with van der Waals surface area (Å²) in [6, 6.07) is 10.0. The molecule has 1 aromatic heterocycles. The molecule has 0 bridgehead atoms. The molecular formula is C14H18N4O. The number of hydrogen-bond donors (Lipinski definition) is 2. The molecule has 2 N–H and O–H groups in total. The van der Waals surface area contributed by atoms with E-state index in [1.807, 2.05) is 37.4 Å². The summed E-state index contributed by atoms with van der Waals surface area (Å²) in [6.45, 7) is 2.09. The number of anilines is 2. The van der Waals surface area contributed by atoms with Crippen LogP contribution in [0.3, 0.4) is 0 Å². The van der Waals surface area contributed by atoms with Gasteiger partial charge in [0, 0.05) is 19.2 Å². The van der Waals surface area contributed by atoms with E-state index in [4.69, 9.17) is 4.74 Å². The number of ether oxygens (including phenoxy) is 1. The third-order valence-electron chi connectivity index (χ3n) is 2.90. The first-order chi connectivity index (χ1) is 9.22. The van der Waals surface area contributed by atoms with Crippen LogP contribution in [-0.4, -0.2) is 24.1 Å². The summed E-state index contributed by atoms with van der Waals surface area (Å²) < 4.78 is 5.15. The Balaban J connectivity index is 2.08. The van der Waals surface area contributed by atoms with Crippen LogP contribution in [0.25, 0.3) is 0 Å². The number of benzene rings is 1. The van der Waals surface area contributed by atoms with Gasteiger partial charge in [-0.1, -0.05) is 12.1 Å². The molecule has 0 aliphatic rings. The first-order valence-electron chi connectivity index (χ1n) is 6.13. The van der Waals surface area contributed by atoms with Gasteiger partial charge in [-0.15, -0.1) is 0 Å². The van der Waals surface area contributed by atoms with Crippen LogP contribution in [0.4, 0.5) is 11.6 Å². The zero-order chi connectivity index (χ0) is 13.7. The SMILES string of the molecule is CNc1cc(NC(C)c2ccc(OC)cc2)ncn1. The second-order valence-electron chi connectivity index (χ2n) is 4.18. The monoisotopic (exact) mass is 258 g/mol. The first kappa shape index (κ1) is 13.1. The highest BCUT2D eigenvalue weighted by Crippen LogP contribution is 2.21. The summed E-state index contributed by atoms with van der Waals surface area (Å²) in [7, 11) is 3.50. The number of hydrogen-bond acceptors (Lipinski definition) is 5. The van der Waals surface area contributed by atoms with Crippen LogP contribution >= 0.6 is 0 Å². The Morgan fingerprint density at radius 1 is 1.11 bits per heavy atom. The third kappa shape index (κ3) is 3.34. The van der Waals surface area contributed by atoms with E-state index in [0.29, 0.717) is 0 Å². The van der Waals surface area contributed by atoms with Crippen molar-refractivity contribution >= 4 is 11.6 Å². The lowest BCUT2D eigenvalue weighted by Crippen LogP contribution is -2.08. The summed E-state index contributed by atoms with van der Waals surface area (Å²) in [6.07, 6.45) is 1.54. The smallest absolute Gasteiger partial charge is 0.131 e. The number of methoxy groups -OCH3 is 1. The summed E-state index contributed by atoms with van der Waals surface area (Å²) in [5.41, 5.74) is 1.17. The first-order valence-corrected chi connectivity index (χ1v) is 6.13. The maximum Gasteiger partial charge on any atom is 0.131 e. The van der Waals surface area contributed by atoms with Gasteiger partial charge in [0.15, 0.2) is 0 Å². The predicted octanol–water partition coefficient (Wildman–Crippen LogP) is 2.70. The van der Waals surface area contributed by atoms with E-state index in [9.17, 15) is 0 Å². The van der Waals surface area contributed by atoms with Gasteiger partial charge in [-0.2, -0.15) is 0 Å². The molecule has 1 aromatic carbocycles. The molecule has 0 aliphatic heterocycles. The number of aromatic nitrogens is 2. The number of rotatable bonds is 5. The summed E-state index contributed by atoms with van der Waals surface area (Å²) in [4.78, 5) is 8.28. The minimum Gasteiger partial charge on any atom is -0.497 e. The third-order valence-corrected chi connectivity index (χ3v) is 2.90. The quantitative estimate of drug-likeness (QED) is 0.863. The largest absolute Gasteiger partial charge is 0.497 e. The molecule has 1 heterocycles. The van der Waals surface area contributed by atoms with Gasteiger partial charge in [0.05, 0.1) is 7.11 Å². The lowest BCUT2D eigenvalue weighted by molar-refractivity contribution is 0.414. The Bertz CT molecular complexity index is 527. The molecule has 5 heteroatoms. The summed E-state index contributed by atoms with van der Waals surface area (Å²) in [5.74, 6) is 2.44. The maximum atomic E-state index is 5.15. The molecule has 2 rings (SSSR count). The summed E-state index contributed by atoms with van der Waals surface area (Å²) >= 11 is 0. The lowest BCUT2D eigenvalue weighted by atomic mass is 10.1. The van der Waals surface area contributed by atoms with Crippen molar-refractivity contribution in [3.63, 3.8) is 0 Å². The highest BCUT2D eigenvalue weighted by molar-refractivity contribution is 5.47. The standard InChI is InChI=1S/C14H18N4O/c1-10(11-4-6-12(19-3)7-5-11)18-14-8-13(15-2)16-9-17-14/h4-10H,1-3H3,(H2,15,16,17,18). The van der Waals surface area contributed by atoms with Gasteiger partial charge in [-0.25, -0.2) is 9.97 Å². The topological polar surface area (TPSA) is 59.1 Å². The van der Waals surface area contributed by atoms with Crippen LogP contribution in [0.1, 0.15) is 18.5 Å². The van der Waals surface area contributed by atoms with Crippen LogP contribution in [0.5, 0.6) is 5.75 Å². The Kier molecular flexibility index (Phi) is 4.18. The zero-order valence-corrected chi connectivity index (χ0v) is 11.3.